The van der Waals surface area contributed by atoms with Gasteiger partial charge >= 0.3 is 5.97 Å². The van der Waals surface area contributed by atoms with Gasteiger partial charge in [-0.25, -0.2) is 17.9 Å². The molecule has 0 aliphatic rings. The SMILES string of the molecule is NC(=O)CCNS(=O)(=O)c1cc(C(=O)O)ccc1Br. The Morgan fingerprint density at radius 3 is 2.53 bits per heavy atom. The number of hydrogen-bond acceptors (Lipinski definition) is 4. The Bertz CT molecular complexity index is 614. The number of carbonyl (C=O) groups excluding carboxylic acids is 1. The van der Waals surface area contributed by atoms with Crippen molar-refractivity contribution in [3.63, 3.8) is 0 Å². The van der Waals surface area contributed by atoms with E-state index in [2.05, 4.69) is 20.7 Å². The fraction of sp³-hybridized carbons (Fsp3) is 0.200. The van der Waals surface area contributed by atoms with E-state index in [1.54, 1.807) is 0 Å². The van der Waals surface area contributed by atoms with E-state index in [0.29, 0.717) is 0 Å². The van der Waals surface area contributed by atoms with Crippen LogP contribution in [0.25, 0.3) is 0 Å². The van der Waals surface area contributed by atoms with Crippen molar-refractivity contribution in [2.45, 2.75) is 11.3 Å². The molecule has 0 saturated carbocycles. The molecule has 0 radical (unpaired) electrons. The number of hydrogen-bond donors (Lipinski definition) is 3. The van der Waals surface area contributed by atoms with Gasteiger partial charge in [0.15, 0.2) is 0 Å². The fourth-order valence-corrected chi connectivity index (χ4v) is 3.25. The van der Waals surface area contributed by atoms with Gasteiger partial charge in [0.25, 0.3) is 0 Å². The van der Waals surface area contributed by atoms with Crippen LogP contribution in [0, 0.1) is 0 Å². The lowest BCUT2D eigenvalue weighted by Crippen LogP contribution is -2.28. The second-order valence-corrected chi connectivity index (χ2v) is 6.15. The van der Waals surface area contributed by atoms with E-state index >= 15 is 0 Å². The molecule has 104 valence electrons. The Morgan fingerprint density at radius 1 is 1.37 bits per heavy atom. The Kier molecular flexibility index (Phi) is 5.04. The molecule has 0 heterocycles. The highest BCUT2D eigenvalue weighted by molar-refractivity contribution is 9.10. The Labute approximate surface area is 118 Å². The van der Waals surface area contributed by atoms with Gasteiger partial charge in [0.1, 0.15) is 0 Å². The maximum atomic E-state index is 11.9. The number of aromatic carboxylic acids is 1. The molecule has 0 aliphatic heterocycles. The van der Waals surface area contributed by atoms with Gasteiger partial charge in [0.2, 0.25) is 15.9 Å². The van der Waals surface area contributed by atoms with Crippen molar-refractivity contribution in [2.75, 3.05) is 6.54 Å². The van der Waals surface area contributed by atoms with Gasteiger partial charge in [-0.3, -0.25) is 4.79 Å². The monoisotopic (exact) mass is 350 g/mol. The molecule has 0 spiro atoms. The van der Waals surface area contributed by atoms with Crippen molar-refractivity contribution >= 4 is 37.8 Å². The summed E-state index contributed by atoms with van der Waals surface area (Å²) in [5.41, 5.74) is 4.74. The molecule has 1 amide bonds. The molecular weight excluding hydrogens is 340 g/mol. The lowest BCUT2D eigenvalue weighted by Gasteiger charge is -2.08. The number of rotatable bonds is 6. The van der Waals surface area contributed by atoms with Crippen molar-refractivity contribution in [3.05, 3.63) is 28.2 Å². The van der Waals surface area contributed by atoms with Crippen LogP contribution in [0.3, 0.4) is 0 Å². The Morgan fingerprint density at radius 2 is 2.00 bits per heavy atom. The van der Waals surface area contributed by atoms with Crippen LogP contribution in [0.2, 0.25) is 0 Å². The Balaban J connectivity index is 3.03. The van der Waals surface area contributed by atoms with Gasteiger partial charge in [-0.05, 0) is 34.1 Å². The number of sulfonamides is 1. The van der Waals surface area contributed by atoms with Crippen molar-refractivity contribution in [2.24, 2.45) is 5.73 Å². The van der Waals surface area contributed by atoms with Crippen LogP contribution < -0.4 is 10.5 Å². The molecule has 1 rings (SSSR count). The van der Waals surface area contributed by atoms with Gasteiger partial charge in [-0.2, -0.15) is 0 Å². The van der Waals surface area contributed by atoms with Crippen molar-refractivity contribution in [3.8, 4) is 0 Å². The maximum absolute atomic E-state index is 11.9. The summed E-state index contributed by atoms with van der Waals surface area (Å²) in [7, 11) is -3.91. The predicted octanol–water partition coefficient (Wildman–Crippen LogP) is 0.301. The minimum absolute atomic E-state index is 0.143. The molecule has 0 fully saturated rings. The lowest BCUT2D eigenvalue weighted by atomic mass is 10.2. The molecule has 0 aliphatic carbocycles. The largest absolute Gasteiger partial charge is 0.478 e. The van der Waals surface area contributed by atoms with Gasteiger partial charge in [0, 0.05) is 17.4 Å². The van der Waals surface area contributed by atoms with Crippen molar-refractivity contribution < 1.29 is 23.1 Å². The zero-order valence-corrected chi connectivity index (χ0v) is 12.0. The number of primary amides is 1. The summed E-state index contributed by atoms with van der Waals surface area (Å²) in [5.74, 6) is -1.87. The van der Waals surface area contributed by atoms with E-state index in [1.165, 1.54) is 12.1 Å². The summed E-state index contributed by atoms with van der Waals surface area (Å²) in [6.45, 7) is -0.151. The van der Waals surface area contributed by atoms with Gasteiger partial charge in [0.05, 0.1) is 10.5 Å². The molecular formula is C10H11BrN2O5S. The summed E-state index contributed by atoms with van der Waals surface area (Å²) in [6.07, 6.45) is -0.143. The highest BCUT2D eigenvalue weighted by Crippen LogP contribution is 2.23. The van der Waals surface area contributed by atoms with Crippen LogP contribution in [0.15, 0.2) is 27.6 Å². The molecule has 1 aromatic rings. The highest BCUT2D eigenvalue weighted by Gasteiger charge is 2.19. The normalized spacial score (nSPS) is 11.2. The molecule has 0 unspecified atom stereocenters. The minimum atomic E-state index is -3.91. The average Bonchev–Trinajstić information content (AvgIpc) is 2.28. The second kappa shape index (κ2) is 6.13. The van der Waals surface area contributed by atoms with Crippen molar-refractivity contribution in [1.29, 1.82) is 0 Å². The van der Waals surface area contributed by atoms with Crippen LogP contribution in [-0.4, -0.2) is 31.9 Å². The van der Waals surface area contributed by atoms with Crippen LogP contribution in [0.1, 0.15) is 16.8 Å². The third-order valence-electron chi connectivity index (χ3n) is 2.13. The number of nitrogens with one attached hydrogen (secondary N) is 1. The number of amides is 1. The lowest BCUT2D eigenvalue weighted by molar-refractivity contribution is -0.117. The van der Waals surface area contributed by atoms with Gasteiger partial charge < -0.3 is 10.8 Å². The summed E-state index contributed by atoms with van der Waals surface area (Å²) >= 11 is 3.03. The topological polar surface area (TPSA) is 127 Å². The smallest absolute Gasteiger partial charge is 0.335 e. The third-order valence-corrected chi connectivity index (χ3v) is 4.59. The molecule has 4 N–H and O–H groups in total. The molecule has 19 heavy (non-hydrogen) atoms. The van der Waals surface area contributed by atoms with Crippen LogP contribution >= 0.6 is 15.9 Å². The van der Waals surface area contributed by atoms with Gasteiger partial charge in [-0.15, -0.1) is 0 Å². The quantitative estimate of drug-likeness (QED) is 0.679. The van der Waals surface area contributed by atoms with E-state index in [-0.39, 0.29) is 27.9 Å². The fourth-order valence-electron chi connectivity index (χ4n) is 1.23. The highest BCUT2D eigenvalue weighted by atomic mass is 79.9. The minimum Gasteiger partial charge on any atom is -0.478 e. The van der Waals surface area contributed by atoms with E-state index < -0.39 is 21.9 Å². The molecule has 1 aromatic carbocycles. The number of halogens is 1. The summed E-state index contributed by atoms with van der Waals surface area (Å²) in [6, 6.07) is 3.62. The number of carboxylic acids is 1. The second-order valence-electron chi connectivity index (χ2n) is 3.56. The molecule has 0 saturated heterocycles. The van der Waals surface area contributed by atoms with Crippen LogP contribution in [0.5, 0.6) is 0 Å². The number of carboxylic acid groups (broad SMARTS) is 1. The molecule has 0 bridgehead atoms. The molecule has 9 heteroatoms. The van der Waals surface area contributed by atoms with E-state index in [9.17, 15) is 18.0 Å². The van der Waals surface area contributed by atoms with Gasteiger partial charge in [-0.1, -0.05) is 0 Å². The molecule has 0 atom stereocenters. The van der Waals surface area contributed by atoms with E-state index in [0.717, 1.165) is 6.07 Å². The third kappa shape index (κ3) is 4.30. The van der Waals surface area contributed by atoms with Crippen LogP contribution in [0.4, 0.5) is 0 Å². The number of carbonyl (C=O) groups is 2. The van der Waals surface area contributed by atoms with E-state index in [1.807, 2.05) is 0 Å². The number of benzene rings is 1. The zero-order valence-electron chi connectivity index (χ0n) is 9.59. The average molecular weight is 351 g/mol. The van der Waals surface area contributed by atoms with E-state index in [4.69, 9.17) is 10.8 Å². The first-order valence-corrected chi connectivity index (χ1v) is 7.32. The van der Waals surface area contributed by atoms with Crippen molar-refractivity contribution in [1.82, 2.24) is 4.72 Å². The standard InChI is InChI=1S/C10H11BrN2O5S/c11-7-2-1-6(10(15)16)5-8(7)19(17,18)13-4-3-9(12)14/h1-2,5,13H,3-4H2,(H2,12,14)(H,15,16). The predicted molar refractivity (Wildman–Crippen MR) is 70.1 cm³/mol. The Hall–Kier alpha value is -1.45. The maximum Gasteiger partial charge on any atom is 0.335 e. The first-order chi connectivity index (χ1) is 8.74. The zero-order chi connectivity index (χ0) is 14.6. The first-order valence-electron chi connectivity index (χ1n) is 5.05. The van der Waals surface area contributed by atoms with Crippen LogP contribution in [-0.2, 0) is 14.8 Å². The molecule has 0 aromatic heterocycles. The summed E-state index contributed by atoms with van der Waals surface area (Å²) < 4.78 is 26.2. The molecule has 7 nitrogen and oxygen atoms in total. The number of nitrogens with two attached hydrogens (primary N) is 1. The summed E-state index contributed by atoms with van der Waals surface area (Å²) in [5, 5.41) is 8.82. The summed E-state index contributed by atoms with van der Waals surface area (Å²) in [4.78, 5) is 21.1. The first kappa shape index (κ1) is 15.6.